The predicted octanol–water partition coefficient (Wildman–Crippen LogP) is 2.01. The monoisotopic (exact) mass is 300 g/mol. The van der Waals surface area contributed by atoms with E-state index in [9.17, 15) is 0 Å². The molecule has 2 aromatic rings. The highest BCUT2D eigenvalue weighted by molar-refractivity contribution is 5.86. The fourth-order valence-corrected chi connectivity index (χ4v) is 3.32. The first-order valence-corrected chi connectivity index (χ1v) is 7.70. The van der Waals surface area contributed by atoms with Gasteiger partial charge in [0.1, 0.15) is 0 Å². The quantitative estimate of drug-likeness (QED) is 0.680. The number of fused-ring (bicyclic) bond motifs is 1. The lowest BCUT2D eigenvalue weighted by Crippen LogP contribution is -2.14. The third-order valence-electron chi connectivity index (χ3n) is 4.43. The van der Waals surface area contributed by atoms with Gasteiger partial charge in [0.25, 0.3) is 0 Å². The average Bonchev–Trinajstić information content (AvgIpc) is 3.13. The summed E-state index contributed by atoms with van der Waals surface area (Å²) in [5.74, 6) is 1.81. The van der Waals surface area contributed by atoms with E-state index in [1.807, 2.05) is 28.2 Å². The molecule has 0 amide bonds. The molecule has 0 saturated heterocycles. The molecule has 1 heterocycles. The summed E-state index contributed by atoms with van der Waals surface area (Å²) < 4.78 is 0. The summed E-state index contributed by atoms with van der Waals surface area (Å²) in [5, 5.41) is 14.4. The largest absolute Gasteiger partial charge is 0.371 e. The van der Waals surface area contributed by atoms with Gasteiger partial charge in [0.2, 0.25) is 0 Å². The molecule has 6 heteroatoms. The van der Waals surface area contributed by atoms with Crippen LogP contribution < -0.4 is 21.4 Å². The minimum Gasteiger partial charge on any atom is -0.371 e. The second kappa shape index (κ2) is 5.88. The number of anilines is 2. The van der Waals surface area contributed by atoms with Crippen molar-refractivity contribution in [2.24, 2.45) is 0 Å². The molecular formula is C16H24N6. The Hall–Kier alpha value is -2.21. The van der Waals surface area contributed by atoms with Crippen LogP contribution in [0, 0.1) is 0 Å². The van der Waals surface area contributed by atoms with E-state index in [1.165, 1.54) is 23.1 Å². The molecule has 1 aliphatic carbocycles. The third kappa shape index (κ3) is 2.20. The Morgan fingerprint density at radius 1 is 1.14 bits per heavy atom. The number of rotatable bonds is 5. The number of hydrogen-bond donors (Lipinski definition) is 4. The number of nitrogens with zero attached hydrogens (tertiary/aromatic N) is 2. The lowest BCUT2D eigenvalue weighted by Gasteiger charge is -2.13. The fraction of sp³-hybridized carbons (Fsp3) is 0.438. The zero-order chi connectivity index (χ0) is 15.7. The van der Waals surface area contributed by atoms with E-state index < -0.39 is 0 Å². The van der Waals surface area contributed by atoms with Crippen molar-refractivity contribution in [3.05, 3.63) is 29.3 Å². The first kappa shape index (κ1) is 14.7. The van der Waals surface area contributed by atoms with Crippen molar-refractivity contribution >= 4 is 11.6 Å². The summed E-state index contributed by atoms with van der Waals surface area (Å²) in [6.45, 7) is 0. The lowest BCUT2D eigenvalue weighted by molar-refractivity contribution is 0.590. The maximum atomic E-state index is 4.54. The summed E-state index contributed by atoms with van der Waals surface area (Å²) in [5.41, 5.74) is 8.19. The molecule has 1 atom stereocenters. The van der Waals surface area contributed by atoms with Crippen LogP contribution in [0.15, 0.2) is 18.2 Å². The first-order chi connectivity index (χ1) is 10.7. The molecule has 0 saturated carbocycles. The van der Waals surface area contributed by atoms with Gasteiger partial charge in [-0.25, -0.2) is 0 Å². The second-order valence-corrected chi connectivity index (χ2v) is 5.50. The number of aromatic nitrogens is 2. The normalized spacial score (nSPS) is 16.5. The maximum Gasteiger partial charge on any atom is 0.160 e. The standard InChI is InChI=1S/C16H24N6/c1-17-13-8-7-10-5-6-11(9-12(10)13)14-15(18-2)21-22(20-4)16(14)19-3/h5-6,9,13,17,19-20H,7-8H2,1-4H3,(H,18,21)/t13-/m1/s1. The molecule has 1 aromatic heterocycles. The van der Waals surface area contributed by atoms with Crippen LogP contribution in [0.5, 0.6) is 0 Å². The van der Waals surface area contributed by atoms with E-state index in [0.717, 1.165) is 23.6 Å². The van der Waals surface area contributed by atoms with Crippen molar-refractivity contribution in [2.75, 3.05) is 44.3 Å². The molecule has 22 heavy (non-hydrogen) atoms. The number of benzene rings is 1. The van der Waals surface area contributed by atoms with Crippen molar-refractivity contribution in [2.45, 2.75) is 18.9 Å². The molecule has 0 unspecified atom stereocenters. The second-order valence-electron chi connectivity index (χ2n) is 5.50. The fourth-order valence-electron chi connectivity index (χ4n) is 3.32. The Labute approximate surface area is 131 Å². The molecule has 1 aliphatic rings. The maximum absolute atomic E-state index is 4.54. The minimum absolute atomic E-state index is 0.449. The Morgan fingerprint density at radius 3 is 2.59 bits per heavy atom. The molecule has 118 valence electrons. The SMILES string of the molecule is CNc1nn(NC)c(NC)c1-c1ccc2c(c1)[C@H](NC)CC2. The van der Waals surface area contributed by atoms with Gasteiger partial charge in [-0.15, -0.1) is 5.10 Å². The smallest absolute Gasteiger partial charge is 0.160 e. The van der Waals surface area contributed by atoms with Gasteiger partial charge >= 0.3 is 0 Å². The van der Waals surface area contributed by atoms with E-state index in [-0.39, 0.29) is 0 Å². The van der Waals surface area contributed by atoms with E-state index in [1.54, 1.807) is 4.79 Å². The highest BCUT2D eigenvalue weighted by Crippen LogP contribution is 2.39. The van der Waals surface area contributed by atoms with Gasteiger partial charge in [-0.2, -0.15) is 4.79 Å². The van der Waals surface area contributed by atoms with Crippen molar-refractivity contribution < 1.29 is 0 Å². The van der Waals surface area contributed by atoms with E-state index in [2.05, 4.69) is 44.7 Å². The molecule has 0 fully saturated rings. The van der Waals surface area contributed by atoms with Crippen LogP contribution in [0.1, 0.15) is 23.6 Å². The van der Waals surface area contributed by atoms with Crippen LogP contribution in [0.4, 0.5) is 11.6 Å². The summed E-state index contributed by atoms with van der Waals surface area (Å²) in [6, 6.07) is 7.18. The topological polar surface area (TPSA) is 65.9 Å². The van der Waals surface area contributed by atoms with Crippen LogP contribution in [-0.2, 0) is 6.42 Å². The Morgan fingerprint density at radius 2 is 1.95 bits per heavy atom. The zero-order valence-electron chi connectivity index (χ0n) is 13.6. The molecular weight excluding hydrogens is 276 g/mol. The molecule has 6 nitrogen and oxygen atoms in total. The molecule has 1 aromatic carbocycles. The molecule has 0 radical (unpaired) electrons. The van der Waals surface area contributed by atoms with Crippen molar-refractivity contribution in [3.63, 3.8) is 0 Å². The lowest BCUT2D eigenvalue weighted by atomic mass is 10.00. The van der Waals surface area contributed by atoms with Crippen LogP contribution >= 0.6 is 0 Å². The van der Waals surface area contributed by atoms with Crippen molar-refractivity contribution in [3.8, 4) is 11.1 Å². The molecule has 0 bridgehead atoms. The van der Waals surface area contributed by atoms with Crippen molar-refractivity contribution in [1.29, 1.82) is 0 Å². The number of hydrogen-bond acceptors (Lipinski definition) is 5. The van der Waals surface area contributed by atoms with Crippen LogP contribution in [0.2, 0.25) is 0 Å². The summed E-state index contributed by atoms with van der Waals surface area (Å²) in [7, 11) is 7.70. The molecule has 4 N–H and O–H groups in total. The minimum atomic E-state index is 0.449. The first-order valence-electron chi connectivity index (χ1n) is 7.70. The number of nitrogens with one attached hydrogen (secondary N) is 4. The summed E-state index contributed by atoms with van der Waals surface area (Å²) in [6.07, 6.45) is 2.32. The average molecular weight is 300 g/mol. The molecule has 0 spiro atoms. The van der Waals surface area contributed by atoms with Gasteiger partial charge in [0.05, 0.1) is 5.56 Å². The van der Waals surface area contributed by atoms with Crippen molar-refractivity contribution in [1.82, 2.24) is 15.2 Å². The predicted molar refractivity (Wildman–Crippen MR) is 92.2 cm³/mol. The van der Waals surface area contributed by atoms with Gasteiger partial charge in [0, 0.05) is 27.2 Å². The number of aryl methyl sites for hydroxylation is 1. The van der Waals surface area contributed by atoms with Gasteiger partial charge in [-0.05, 0) is 42.6 Å². The summed E-state index contributed by atoms with van der Waals surface area (Å²) >= 11 is 0. The molecule has 3 rings (SSSR count). The third-order valence-corrected chi connectivity index (χ3v) is 4.43. The Bertz CT molecular complexity index is 676. The van der Waals surface area contributed by atoms with Gasteiger partial charge in [0.15, 0.2) is 11.6 Å². The van der Waals surface area contributed by atoms with Crippen LogP contribution in [0.3, 0.4) is 0 Å². The Balaban J connectivity index is 2.14. The highest BCUT2D eigenvalue weighted by Gasteiger charge is 2.24. The van der Waals surface area contributed by atoms with E-state index >= 15 is 0 Å². The zero-order valence-corrected chi connectivity index (χ0v) is 13.6. The molecule has 0 aliphatic heterocycles. The van der Waals surface area contributed by atoms with E-state index in [4.69, 9.17) is 0 Å². The Kier molecular flexibility index (Phi) is 3.94. The summed E-state index contributed by atoms with van der Waals surface area (Å²) in [4.78, 5) is 1.75. The van der Waals surface area contributed by atoms with Gasteiger partial charge in [-0.1, -0.05) is 12.1 Å². The van der Waals surface area contributed by atoms with Crippen LogP contribution in [-0.4, -0.2) is 38.1 Å². The highest BCUT2D eigenvalue weighted by atomic mass is 15.6. The van der Waals surface area contributed by atoms with Gasteiger partial charge < -0.3 is 21.4 Å². The van der Waals surface area contributed by atoms with E-state index in [0.29, 0.717) is 6.04 Å². The van der Waals surface area contributed by atoms with Gasteiger partial charge in [-0.3, -0.25) is 0 Å². The van der Waals surface area contributed by atoms with Crippen LogP contribution in [0.25, 0.3) is 11.1 Å².